The highest BCUT2D eigenvalue weighted by molar-refractivity contribution is 7.86. The third-order valence-electron chi connectivity index (χ3n) is 8.42. The zero-order chi connectivity index (χ0) is 31.2. The van der Waals surface area contributed by atoms with Crippen LogP contribution >= 0.6 is 0 Å². The third-order valence-corrected chi connectivity index (χ3v) is 9.75. The van der Waals surface area contributed by atoms with Crippen LogP contribution in [0.2, 0.25) is 0 Å². The van der Waals surface area contributed by atoms with Gasteiger partial charge in [-0.1, -0.05) is 142 Å². The summed E-state index contributed by atoms with van der Waals surface area (Å²) in [6.45, 7) is 13.7. The maximum atomic E-state index is 11.9. The van der Waals surface area contributed by atoms with E-state index in [0.717, 1.165) is 12.8 Å². The van der Waals surface area contributed by atoms with Crippen molar-refractivity contribution in [2.45, 2.75) is 174 Å². The van der Waals surface area contributed by atoms with Crippen LogP contribution in [-0.4, -0.2) is 46.2 Å². The number of quaternary nitrogens is 1. The van der Waals surface area contributed by atoms with E-state index in [2.05, 4.69) is 34.7 Å². The fraction of sp³-hybridized carbons (Fsp3) is 0.838. The molecule has 0 heterocycles. The normalized spacial score (nSPS) is 11.8. The van der Waals surface area contributed by atoms with Crippen molar-refractivity contribution in [1.29, 1.82) is 0 Å². The van der Waals surface area contributed by atoms with Gasteiger partial charge in [0.25, 0.3) is 10.1 Å². The third kappa shape index (κ3) is 24.5. The molecule has 1 aromatic rings. The van der Waals surface area contributed by atoms with Gasteiger partial charge in [-0.2, -0.15) is 8.42 Å². The summed E-state index contributed by atoms with van der Waals surface area (Å²) in [5.41, 5.74) is 0. The second-order valence-electron chi connectivity index (χ2n) is 12.7. The maximum Gasteiger partial charge on any atom is 0.296 e. The first-order valence-electron chi connectivity index (χ1n) is 18.1. The molecule has 0 saturated heterocycles. The molecule has 0 amide bonds. The number of unbranched alkanes of at least 4 members (excludes halogenated alkanes) is 18. The molecule has 4 nitrogen and oxygen atoms in total. The summed E-state index contributed by atoms with van der Waals surface area (Å²) < 4.78 is 30.1. The Bertz CT molecular complexity index is 750. The van der Waals surface area contributed by atoms with Gasteiger partial charge in [0.2, 0.25) is 0 Å². The molecule has 0 aromatic heterocycles. The topological polar surface area (TPSA) is 43.4 Å². The lowest BCUT2D eigenvalue weighted by Crippen LogP contribution is -2.46. The molecule has 0 fully saturated rings. The molecule has 1 rings (SSSR count). The van der Waals surface area contributed by atoms with E-state index in [1.165, 1.54) is 153 Å². The zero-order valence-corrected chi connectivity index (χ0v) is 29.7. The van der Waals surface area contributed by atoms with E-state index in [0.29, 0.717) is 0 Å². The van der Waals surface area contributed by atoms with Crippen LogP contribution in [0.3, 0.4) is 0 Å². The van der Waals surface area contributed by atoms with Gasteiger partial charge in [-0.05, 0) is 57.1 Å². The summed E-state index contributed by atoms with van der Waals surface area (Å²) in [6, 6.07) is 8.33. The molecule has 0 atom stereocenters. The highest BCUT2D eigenvalue weighted by atomic mass is 32.2. The van der Waals surface area contributed by atoms with Crippen LogP contribution in [0.5, 0.6) is 0 Å². The van der Waals surface area contributed by atoms with E-state index in [-0.39, 0.29) is 11.5 Å². The fourth-order valence-electron chi connectivity index (χ4n) is 5.51. The van der Waals surface area contributed by atoms with E-state index in [1.54, 1.807) is 30.3 Å². The van der Waals surface area contributed by atoms with Crippen LogP contribution < -0.4 is 0 Å². The monoisotopic (exact) mass is 611 g/mol. The van der Waals surface area contributed by atoms with Crippen LogP contribution in [0, 0.1) is 0 Å². The molecule has 0 unspecified atom stereocenters. The molecule has 5 heteroatoms. The number of nitrogens with zero attached hydrogens (tertiary/aromatic N) is 1. The van der Waals surface area contributed by atoms with E-state index in [4.69, 9.17) is 4.18 Å². The molecular weight excluding hydrogens is 538 g/mol. The van der Waals surface area contributed by atoms with Crippen molar-refractivity contribution in [3.05, 3.63) is 30.3 Å². The van der Waals surface area contributed by atoms with Crippen LogP contribution in [0.15, 0.2) is 35.2 Å². The van der Waals surface area contributed by atoms with Gasteiger partial charge in [-0.15, -0.1) is 0 Å². The average Bonchev–Trinajstić information content (AvgIpc) is 2.99. The molecule has 42 heavy (non-hydrogen) atoms. The first-order valence-corrected chi connectivity index (χ1v) is 19.5. The molecule has 0 aliphatic carbocycles. The lowest BCUT2D eigenvalue weighted by molar-refractivity contribution is -0.910. The number of benzene rings is 1. The second kappa shape index (κ2) is 28.8. The van der Waals surface area contributed by atoms with Gasteiger partial charge >= 0.3 is 0 Å². The van der Waals surface area contributed by atoms with Crippen LogP contribution in [0.1, 0.15) is 169 Å². The fourth-order valence-corrected chi connectivity index (χ4v) is 6.47. The molecule has 0 bridgehead atoms. The Hall–Kier alpha value is -0.910. The first kappa shape index (κ1) is 41.1. The smallest absolute Gasteiger partial charge is 0.296 e. The van der Waals surface area contributed by atoms with Gasteiger partial charge in [0.1, 0.15) is 0 Å². The largest absolute Gasteiger partial charge is 0.326 e. The van der Waals surface area contributed by atoms with Gasteiger partial charge in [-0.25, -0.2) is 0 Å². The number of rotatable bonds is 28. The van der Waals surface area contributed by atoms with Gasteiger partial charge in [0, 0.05) is 0 Å². The molecule has 0 radical (unpaired) electrons. The predicted octanol–water partition coefficient (Wildman–Crippen LogP) is 11.5. The summed E-state index contributed by atoms with van der Waals surface area (Å²) in [4.78, 5) is 0.238. The highest BCUT2D eigenvalue weighted by Gasteiger charge is 2.20. The summed E-state index contributed by atoms with van der Waals surface area (Å²) in [7, 11) is -1.05. The zero-order valence-electron chi connectivity index (χ0n) is 28.9. The van der Waals surface area contributed by atoms with Gasteiger partial charge in [-0.3, -0.25) is 4.18 Å². The highest BCUT2D eigenvalue weighted by Crippen LogP contribution is 2.16. The average molecular weight is 611 g/mol. The number of hydrogen-bond acceptors (Lipinski definition) is 3. The Morgan fingerprint density at radius 3 is 1.21 bits per heavy atom. The lowest BCUT2D eigenvalue weighted by Gasteiger charge is -2.35. The Morgan fingerprint density at radius 1 is 0.500 bits per heavy atom. The quantitative estimate of drug-likeness (QED) is 0.0538. The standard InChI is InChI=1S/C19H42N.C18H30O3S/c1-5-8-11-14-17-20(4,18-15-12-9-6-2)19-16-13-10-7-3;1-2-3-4-5-6-7-8-9-10-14-17-21-22(19,20)18-15-12-11-13-16-18/h5-19H2,1-4H3;11-13,15-16H,2-10,14,17H2,1H3/q+1;. The van der Waals surface area contributed by atoms with Crippen LogP contribution in [0.25, 0.3) is 0 Å². The van der Waals surface area contributed by atoms with E-state index >= 15 is 0 Å². The molecule has 1 aromatic carbocycles. The molecule has 248 valence electrons. The van der Waals surface area contributed by atoms with Crippen molar-refractivity contribution < 1.29 is 17.1 Å². The summed E-state index contributed by atoms with van der Waals surface area (Å²) in [6.07, 6.45) is 29.2. The lowest BCUT2D eigenvalue weighted by atomic mass is 10.1. The second-order valence-corrected chi connectivity index (χ2v) is 14.4. The Balaban J connectivity index is 0.000000805. The Morgan fingerprint density at radius 2 is 0.833 bits per heavy atom. The minimum atomic E-state index is -3.57. The molecular formula is C37H72NO3S+. The Kier molecular flexibility index (Phi) is 28.2. The van der Waals surface area contributed by atoms with Gasteiger partial charge in [0.05, 0.1) is 38.2 Å². The van der Waals surface area contributed by atoms with Crippen molar-refractivity contribution in [3.63, 3.8) is 0 Å². The van der Waals surface area contributed by atoms with Crippen LogP contribution in [-0.2, 0) is 14.3 Å². The van der Waals surface area contributed by atoms with Crippen molar-refractivity contribution in [2.24, 2.45) is 0 Å². The molecule has 0 aliphatic rings. The van der Waals surface area contributed by atoms with Crippen LogP contribution in [0.4, 0.5) is 0 Å². The van der Waals surface area contributed by atoms with Crippen molar-refractivity contribution >= 4 is 10.1 Å². The first-order chi connectivity index (χ1) is 20.3. The molecule has 0 N–H and O–H groups in total. The van der Waals surface area contributed by atoms with Crippen molar-refractivity contribution in [2.75, 3.05) is 33.3 Å². The summed E-state index contributed by atoms with van der Waals surface area (Å²) in [5, 5.41) is 0. The van der Waals surface area contributed by atoms with E-state index in [9.17, 15) is 8.42 Å². The number of hydrogen-bond donors (Lipinski definition) is 0. The molecule has 0 spiro atoms. The van der Waals surface area contributed by atoms with E-state index < -0.39 is 10.1 Å². The Labute approximate surface area is 264 Å². The molecule has 0 aliphatic heterocycles. The SMILES string of the molecule is CCCCCCCCCCCCOS(=O)(=O)c1ccccc1.CCCCCC[N+](C)(CCCCCC)CCCCCC. The minimum Gasteiger partial charge on any atom is -0.326 e. The molecule has 0 saturated carbocycles. The van der Waals surface area contributed by atoms with Crippen molar-refractivity contribution in [1.82, 2.24) is 0 Å². The van der Waals surface area contributed by atoms with Gasteiger partial charge < -0.3 is 4.48 Å². The minimum absolute atomic E-state index is 0.238. The summed E-state index contributed by atoms with van der Waals surface area (Å²) in [5.74, 6) is 0. The maximum absolute atomic E-state index is 11.9. The summed E-state index contributed by atoms with van der Waals surface area (Å²) >= 11 is 0. The van der Waals surface area contributed by atoms with E-state index in [1.807, 2.05) is 0 Å². The predicted molar refractivity (Wildman–Crippen MR) is 185 cm³/mol. The van der Waals surface area contributed by atoms with Gasteiger partial charge in [0.15, 0.2) is 0 Å². The van der Waals surface area contributed by atoms with Crippen molar-refractivity contribution in [3.8, 4) is 0 Å².